The molecule has 1 aromatic rings. The summed E-state index contributed by atoms with van der Waals surface area (Å²) in [6.07, 6.45) is -3.51. The summed E-state index contributed by atoms with van der Waals surface area (Å²) in [5.41, 5.74) is 5.26. The van der Waals surface area contributed by atoms with Gasteiger partial charge < -0.3 is 53.7 Å². The quantitative estimate of drug-likeness (QED) is 0.286. The first kappa shape index (κ1) is 44.4. The number of nitrogens with zero attached hydrogens (tertiary/aromatic N) is 3. The Labute approximate surface area is 335 Å². The van der Waals surface area contributed by atoms with Crippen LogP contribution < -0.4 is 5.73 Å². The van der Waals surface area contributed by atoms with Crippen molar-refractivity contribution in [2.75, 3.05) is 34.4 Å². The van der Waals surface area contributed by atoms with Crippen molar-refractivity contribution in [1.82, 2.24) is 4.90 Å². The van der Waals surface area contributed by atoms with Gasteiger partial charge in [0.05, 0.1) is 55.7 Å². The maximum Gasteiger partial charge on any atom is 0.337 e. The zero-order valence-corrected chi connectivity index (χ0v) is 35.0. The smallest absolute Gasteiger partial charge is 0.337 e. The Kier molecular flexibility index (Phi) is 14.4. The van der Waals surface area contributed by atoms with Crippen LogP contribution in [-0.2, 0) is 54.2 Å². The molecule has 4 heterocycles. The number of ether oxygens (including phenoxy) is 7. The molecule has 3 fully saturated rings. The first-order valence-corrected chi connectivity index (χ1v) is 19.9. The average Bonchev–Trinajstić information content (AvgIpc) is 3.52. The van der Waals surface area contributed by atoms with E-state index in [4.69, 9.17) is 43.7 Å². The molecule has 5 rings (SSSR count). The van der Waals surface area contributed by atoms with E-state index in [1.165, 1.54) is 7.11 Å². The molecule has 0 radical (unpaired) electrons. The number of nitrogens with two attached hydrogens (primary N) is 1. The van der Waals surface area contributed by atoms with Gasteiger partial charge in [0.2, 0.25) is 0 Å². The molecule has 0 aliphatic carbocycles. The number of methoxy groups -OCH3 is 1. The molecule has 3 saturated heterocycles. The Morgan fingerprint density at radius 1 is 1.07 bits per heavy atom. The van der Waals surface area contributed by atoms with E-state index in [1.54, 1.807) is 45.0 Å². The van der Waals surface area contributed by atoms with Gasteiger partial charge in [-0.25, -0.2) is 9.79 Å². The van der Waals surface area contributed by atoms with Gasteiger partial charge in [-0.05, 0) is 78.7 Å². The highest BCUT2D eigenvalue weighted by Crippen LogP contribution is 2.41. The number of hydrogen-bond acceptors (Lipinski definition) is 16. The molecule has 16 nitrogen and oxygen atoms in total. The second-order valence-corrected chi connectivity index (χ2v) is 16.6. The van der Waals surface area contributed by atoms with Crippen LogP contribution in [0.1, 0.15) is 90.1 Å². The van der Waals surface area contributed by atoms with Crippen molar-refractivity contribution in [2.45, 2.75) is 141 Å². The van der Waals surface area contributed by atoms with Crippen LogP contribution in [0.3, 0.4) is 0 Å². The van der Waals surface area contributed by atoms with Gasteiger partial charge in [0.15, 0.2) is 11.9 Å². The summed E-state index contributed by atoms with van der Waals surface area (Å²) in [5, 5.41) is 16.0. The molecule has 318 valence electrons. The molecule has 57 heavy (non-hydrogen) atoms. The summed E-state index contributed by atoms with van der Waals surface area (Å²) in [6.45, 7) is 12.8. The number of likely N-dealkylation sites (N-methyl/N-ethyl adjacent to an activating group) is 1. The lowest BCUT2D eigenvalue weighted by molar-refractivity contribution is -0.294. The second-order valence-electron chi connectivity index (χ2n) is 16.6. The monoisotopic (exact) mass is 802 g/mol. The van der Waals surface area contributed by atoms with Gasteiger partial charge in [-0.2, -0.15) is 0 Å². The number of aliphatic hydroxyl groups excluding tert-OH is 1. The van der Waals surface area contributed by atoms with Gasteiger partial charge >= 0.3 is 11.9 Å². The molecule has 4 aliphatic rings. The Hall–Kier alpha value is -3.67. The molecule has 2 bridgehead atoms. The molecular weight excluding hydrogens is 740 g/mol. The fraction of sp³-hybridized carbons (Fsp3) is 0.732. The summed E-state index contributed by atoms with van der Waals surface area (Å²) in [4.78, 5) is 52.8. The fourth-order valence-corrected chi connectivity index (χ4v) is 8.53. The van der Waals surface area contributed by atoms with Gasteiger partial charge in [-0.15, -0.1) is 0 Å². The van der Waals surface area contributed by atoms with Crippen molar-refractivity contribution in [3.63, 3.8) is 0 Å². The van der Waals surface area contributed by atoms with E-state index in [1.807, 2.05) is 46.7 Å². The topological polar surface area (TPSA) is 199 Å². The zero-order chi connectivity index (χ0) is 41.8. The Bertz CT molecular complexity index is 1640. The highest BCUT2D eigenvalue weighted by atomic mass is 16.7. The summed E-state index contributed by atoms with van der Waals surface area (Å²) < 4.78 is 43.4. The Morgan fingerprint density at radius 2 is 1.77 bits per heavy atom. The minimum Gasteiger partial charge on any atom is -0.465 e. The van der Waals surface area contributed by atoms with Gasteiger partial charge in [0, 0.05) is 24.3 Å². The molecule has 0 amide bonds. The van der Waals surface area contributed by atoms with E-state index in [-0.39, 0.29) is 56.6 Å². The number of hydrogen-bond donors (Lipinski definition) is 2. The van der Waals surface area contributed by atoms with Crippen LogP contribution in [-0.4, -0.2) is 134 Å². The number of fused-ring (bicyclic) bond motifs is 4. The van der Waals surface area contributed by atoms with Crippen molar-refractivity contribution in [3.05, 3.63) is 35.4 Å². The number of Topliss-reactive ketones (excluding diaryl/α,β-unsaturated/α-hetero) is 1. The average molecular weight is 803 g/mol. The molecule has 4 aliphatic heterocycles. The van der Waals surface area contributed by atoms with Crippen molar-refractivity contribution in [3.8, 4) is 0 Å². The predicted molar refractivity (Wildman–Crippen MR) is 208 cm³/mol. The number of oxime groups is 1. The number of carbonyl (C=O) groups is 3. The van der Waals surface area contributed by atoms with Gasteiger partial charge in [0.25, 0.3) is 6.02 Å². The van der Waals surface area contributed by atoms with Gasteiger partial charge in [0.1, 0.15) is 36.4 Å². The normalized spacial score (nSPS) is 38.8. The van der Waals surface area contributed by atoms with E-state index in [2.05, 4.69) is 10.1 Å². The molecule has 13 atom stereocenters. The number of carbonyl (C=O) groups excluding carboxylic acids is 3. The van der Waals surface area contributed by atoms with Crippen LogP contribution in [0.15, 0.2) is 34.4 Å². The highest BCUT2D eigenvalue weighted by Gasteiger charge is 2.55. The standard InChI is InChI=1S/C41H62N4O12/c1-11-31-41(7)35(43-39(42)57-41)25(5)33(46)22(2)18-40(6)32(56-38-34(47)29(45(8)9)16-23(3)54-38)17-30(24(4)36(48)55-31)51-20-28(21-52-40)44-53-19-26-12-14-27(15-13-26)37(49)50-10/h12-15,22-25,29-32,34-35,38,47H,11,16-21H2,1-10H3,(H2,42,43)/b44-28+/t22-,23-,24-,25+,29+,30-,31-,32-,34-,35?,38?,40+,41?/m1/s1. The Morgan fingerprint density at radius 3 is 2.42 bits per heavy atom. The molecule has 1 aromatic carbocycles. The van der Waals surface area contributed by atoms with Gasteiger partial charge in [-0.1, -0.05) is 38.1 Å². The first-order chi connectivity index (χ1) is 26.9. The molecular formula is C41H62N4O12. The molecule has 0 saturated carbocycles. The van der Waals surface area contributed by atoms with E-state index in [0.717, 1.165) is 5.56 Å². The molecule has 3 N–H and O–H groups in total. The lowest BCUT2D eigenvalue weighted by Crippen LogP contribution is -2.58. The molecule has 0 aromatic heterocycles. The maximum absolute atomic E-state index is 14.4. The number of cyclic esters (lactones) is 1. The van der Waals surface area contributed by atoms with E-state index >= 15 is 0 Å². The third-order valence-corrected chi connectivity index (χ3v) is 12.0. The number of amidine groups is 1. The SMILES string of the molecule is CC[C@H]1OC(=O)[C@H](C)[C@H]2C[C@@H](OC3O[C@H](C)C[C@H](N(C)C)[C@H]3O)[C@](C)(C[C@@H](C)C(=O)[C@H](C)C3N=C(N)OC31C)OC/C(=N/OCc1ccc(C(=O)OC)cc1)CO2. The van der Waals surface area contributed by atoms with Crippen molar-refractivity contribution in [2.24, 2.45) is 33.6 Å². The lowest BCUT2D eigenvalue weighted by atomic mass is 9.75. The van der Waals surface area contributed by atoms with Crippen molar-refractivity contribution >= 4 is 29.5 Å². The zero-order valence-electron chi connectivity index (χ0n) is 35.0. The van der Waals surface area contributed by atoms with Crippen LogP contribution in [0.2, 0.25) is 0 Å². The van der Waals surface area contributed by atoms with Crippen LogP contribution in [0.4, 0.5) is 0 Å². The number of aliphatic imine (C=N–C) groups is 1. The van der Waals surface area contributed by atoms with Crippen LogP contribution in [0.25, 0.3) is 0 Å². The number of rotatable bonds is 8. The minimum atomic E-state index is -1.22. The molecule has 3 unspecified atom stereocenters. The Balaban J connectivity index is 1.53. The van der Waals surface area contributed by atoms with Crippen molar-refractivity contribution in [1.29, 1.82) is 0 Å². The predicted octanol–water partition coefficient (Wildman–Crippen LogP) is 3.40. The maximum atomic E-state index is 14.4. The van der Waals surface area contributed by atoms with Crippen LogP contribution in [0.5, 0.6) is 0 Å². The van der Waals surface area contributed by atoms with Crippen LogP contribution >= 0.6 is 0 Å². The summed E-state index contributed by atoms with van der Waals surface area (Å²) in [6, 6.07) is 5.71. The van der Waals surface area contributed by atoms with E-state index in [0.29, 0.717) is 24.1 Å². The summed E-state index contributed by atoms with van der Waals surface area (Å²) in [5.74, 6) is -3.20. The highest BCUT2D eigenvalue weighted by molar-refractivity contribution is 5.89. The summed E-state index contributed by atoms with van der Waals surface area (Å²) in [7, 11) is 5.11. The number of aliphatic hydroxyl groups is 1. The number of ketones is 1. The molecule has 0 spiro atoms. The minimum absolute atomic E-state index is 0.0648. The largest absolute Gasteiger partial charge is 0.465 e. The third kappa shape index (κ3) is 9.97. The lowest BCUT2D eigenvalue weighted by Gasteiger charge is -2.46. The van der Waals surface area contributed by atoms with E-state index < -0.39 is 77.6 Å². The molecule has 16 heteroatoms. The number of benzene rings is 1. The summed E-state index contributed by atoms with van der Waals surface area (Å²) >= 11 is 0. The van der Waals surface area contributed by atoms with E-state index in [9.17, 15) is 19.5 Å². The first-order valence-electron chi connectivity index (χ1n) is 19.9. The fourth-order valence-electron chi connectivity index (χ4n) is 8.53. The van der Waals surface area contributed by atoms with Crippen LogP contribution in [0, 0.1) is 17.8 Å². The van der Waals surface area contributed by atoms with Gasteiger partial charge in [-0.3, -0.25) is 9.59 Å². The second kappa shape index (κ2) is 18.5. The van der Waals surface area contributed by atoms with Crippen molar-refractivity contribution < 1.29 is 57.5 Å². The number of esters is 2. The third-order valence-electron chi connectivity index (χ3n) is 12.0.